The van der Waals surface area contributed by atoms with E-state index in [1.54, 1.807) is 0 Å². The summed E-state index contributed by atoms with van der Waals surface area (Å²) in [5, 5.41) is 3.19. The van der Waals surface area contributed by atoms with Gasteiger partial charge in [0.1, 0.15) is 11.6 Å². The lowest BCUT2D eigenvalue weighted by atomic mass is 10.3. The monoisotopic (exact) mass is 225 g/mol. The first-order valence-electron chi connectivity index (χ1n) is 5.36. The van der Waals surface area contributed by atoms with Crippen LogP contribution in [0.1, 0.15) is 26.6 Å². The Morgan fingerprint density at radius 3 is 2.93 bits per heavy atom. The second-order valence-electron chi connectivity index (χ2n) is 3.80. The highest BCUT2D eigenvalue weighted by atomic mass is 32.2. The number of nitrogens with one attached hydrogen (secondary N) is 1. The number of aromatic nitrogens is 2. The molecule has 0 fully saturated rings. The fraction of sp³-hybridized carbons (Fsp3) is 0.636. The van der Waals surface area contributed by atoms with Crippen molar-refractivity contribution >= 4 is 17.6 Å². The zero-order valence-corrected chi connectivity index (χ0v) is 10.5. The second-order valence-corrected chi connectivity index (χ2v) is 4.83. The Labute approximate surface area is 96.1 Å². The largest absolute Gasteiger partial charge is 0.370 e. The van der Waals surface area contributed by atoms with Crippen LogP contribution in [0, 0.1) is 5.92 Å². The third kappa shape index (κ3) is 5.02. The molecule has 1 heterocycles. The number of nitrogens with zero attached hydrogens (tertiary/aromatic N) is 2. The molecule has 0 atom stereocenters. The third-order valence-corrected chi connectivity index (χ3v) is 3.11. The molecular weight excluding hydrogens is 206 g/mol. The van der Waals surface area contributed by atoms with Gasteiger partial charge in [-0.1, -0.05) is 13.8 Å². The van der Waals surface area contributed by atoms with Crippen LogP contribution in [-0.4, -0.2) is 22.3 Å². The molecule has 84 valence electrons. The van der Waals surface area contributed by atoms with E-state index in [1.165, 1.54) is 0 Å². The molecule has 0 bridgehead atoms. The maximum Gasteiger partial charge on any atom is 0.140 e. The highest BCUT2D eigenvalue weighted by molar-refractivity contribution is 7.98. The molecule has 0 aliphatic heterocycles. The van der Waals surface area contributed by atoms with Crippen LogP contribution >= 0.6 is 11.8 Å². The van der Waals surface area contributed by atoms with Gasteiger partial charge in [0, 0.05) is 12.7 Å². The van der Waals surface area contributed by atoms with Crippen LogP contribution in [0.4, 0.5) is 5.82 Å². The Balaban J connectivity index is 2.43. The lowest BCUT2D eigenvalue weighted by molar-refractivity contribution is 0.750. The van der Waals surface area contributed by atoms with Crippen LogP contribution in [0.5, 0.6) is 0 Å². The summed E-state index contributed by atoms with van der Waals surface area (Å²) in [6.45, 7) is 7.41. The van der Waals surface area contributed by atoms with E-state index in [0.29, 0.717) is 0 Å². The lowest BCUT2D eigenvalue weighted by Crippen LogP contribution is -2.02. The summed E-state index contributed by atoms with van der Waals surface area (Å²) in [5.74, 6) is 4.63. The van der Waals surface area contributed by atoms with Gasteiger partial charge in [0.25, 0.3) is 0 Å². The van der Waals surface area contributed by atoms with Crippen LogP contribution in [0.15, 0.2) is 12.3 Å². The fourth-order valence-electron chi connectivity index (χ4n) is 1.13. The molecule has 1 rings (SSSR count). The van der Waals surface area contributed by atoms with E-state index >= 15 is 0 Å². The first-order chi connectivity index (χ1) is 7.22. The number of thioether (sulfide) groups is 1. The van der Waals surface area contributed by atoms with Crippen molar-refractivity contribution in [1.29, 1.82) is 0 Å². The molecule has 0 radical (unpaired) electrons. The Hall–Kier alpha value is -0.770. The summed E-state index contributed by atoms with van der Waals surface area (Å²) in [4.78, 5) is 8.66. The van der Waals surface area contributed by atoms with Crippen molar-refractivity contribution in [3.8, 4) is 0 Å². The quantitative estimate of drug-likeness (QED) is 0.808. The summed E-state index contributed by atoms with van der Waals surface area (Å²) < 4.78 is 0. The smallest absolute Gasteiger partial charge is 0.140 e. The molecule has 15 heavy (non-hydrogen) atoms. The van der Waals surface area contributed by atoms with E-state index in [1.807, 2.05) is 24.0 Å². The average molecular weight is 225 g/mol. The predicted octanol–water partition coefficient (Wildman–Crippen LogP) is 2.80. The highest BCUT2D eigenvalue weighted by Gasteiger charge is 2.00. The second kappa shape index (κ2) is 6.67. The van der Waals surface area contributed by atoms with Crippen molar-refractivity contribution in [3.63, 3.8) is 0 Å². The Kier molecular flexibility index (Phi) is 5.47. The Morgan fingerprint density at radius 1 is 1.47 bits per heavy atom. The van der Waals surface area contributed by atoms with Gasteiger partial charge < -0.3 is 5.32 Å². The van der Waals surface area contributed by atoms with Gasteiger partial charge in [-0.15, -0.1) is 0 Å². The summed E-state index contributed by atoms with van der Waals surface area (Å²) in [7, 11) is 0. The molecule has 0 aliphatic rings. The molecular formula is C11H19N3S. The molecule has 1 aromatic rings. The third-order valence-electron chi connectivity index (χ3n) is 1.75. The standard InChI is InChI=1S/C11H19N3S/c1-4-12-10-5-6-13-11(14-10)8-15-7-9(2)3/h5-6,9H,4,7-8H2,1-3H3,(H,12,13,14). The fourth-order valence-corrected chi connectivity index (χ4v) is 2.05. The van der Waals surface area contributed by atoms with E-state index in [9.17, 15) is 0 Å². The Morgan fingerprint density at radius 2 is 2.27 bits per heavy atom. The molecule has 1 aromatic heterocycles. The van der Waals surface area contributed by atoms with Gasteiger partial charge in [-0.3, -0.25) is 0 Å². The molecule has 0 saturated heterocycles. The molecule has 0 unspecified atom stereocenters. The van der Waals surface area contributed by atoms with Crippen molar-refractivity contribution in [3.05, 3.63) is 18.1 Å². The summed E-state index contributed by atoms with van der Waals surface area (Å²) in [6.07, 6.45) is 1.82. The topological polar surface area (TPSA) is 37.8 Å². The lowest BCUT2D eigenvalue weighted by Gasteiger charge is -2.05. The number of hydrogen-bond donors (Lipinski definition) is 1. The van der Waals surface area contributed by atoms with E-state index in [4.69, 9.17) is 0 Å². The SMILES string of the molecule is CCNc1ccnc(CSCC(C)C)n1. The molecule has 3 nitrogen and oxygen atoms in total. The molecule has 0 saturated carbocycles. The van der Waals surface area contributed by atoms with Crippen molar-refractivity contribution in [2.24, 2.45) is 5.92 Å². The zero-order valence-electron chi connectivity index (χ0n) is 9.66. The van der Waals surface area contributed by atoms with Gasteiger partial charge in [-0.25, -0.2) is 9.97 Å². The van der Waals surface area contributed by atoms with Gasteiger partial charge in [-0.05, 0) is 24.7 Å². The van der Waals surface area contributed by atoms with E-state index < -0.39 is 0 Å². The minimum absolute atomic E-state index is 0.729. The van der Waals surface area contributed by atoms with E-state index in [0.717, 1.165) is 35.6 Å². The highest BCUT2D eigenvalue weighted by Crippen LogP contribution is 2.13. The zero-order chi connectivity index (χ0) is 11.1. The summed E-state index contributed by atoms with van der Waals surface area (Å²) in [6, 6.07) is 1.90. The van der Waals surface area contributed by atoms with Gasteiger partial charge in [0.05, 0.1) is 5.75 Å². The van der Waals surface area contributed by atoms with Gasteiger partial charge in [0.2, 0.25) is 0 Å². The molecule has 0 aromatic carbocycles. The van der Waals surface area contributed by atoms with Crippen molar-refractivity contribution in [1.82, 2.24) is 9.97 Å². The van der Waals surface area contributed by atoms with Crippen LogP contribution < -0.4 is 5.32 Å². The Bertz CT molecular complexity index is 289. The van der Waals surface area contributed by atoms with Gasteiger partial charge in [-0.2, -0.15) is 11.8 Å². The van der Waals surface area contributed by atoms with E-state index in [-0.39, 0.29) is 0 Å². The van der Waals surface area contributed by atoms with Crippen molar-refractivity contribution < 1.29 is 0 Å². The maximum absolute atomic E-state index is 4.42. The molecule has 0 amide bonds. The van der Waals surface area contributed by atoms with E-state index in [2.05, 4.69) is 36.1 Å². The number of rotatable bonds is 6. The van der Waals surface area contributed by atoms with Gasteiger partial charge in [0.15, 0.2) is 0 Å². The first kappa shape index (κ1) is 12.3. The number of hydrogen-bond acceptors (Lipinski definition) is 4. The average Bonchev–Trinajstić information content (AvgIpc) is 2.18. The van der Waals surface area contributed by atoms with Gasteiger partial charge >= 0.3 is 0 Å². The predicted molar refractivity (Wildman–Crippen MR) is 67.2 cm³/mol. The van der Waals surface area contributed by atoms with Crippen LogP contribution in [-0.2, 0) is 5.75 Å². The maximum atomic E-state index is 4.42. The molecule has 4 heteroatoms. The summed E-state index contributed by atoms with van der Waals surface area (Å²) >= 11 is 1.89. The molecule has 0 aliphatic carbocycles. The van der Waals surface area contributed by atoms with Crippen LogP contribution in [0.3, 0.4) is 0 Å². The minimum atomic E-state index is 0.729. The minimum Gasteiger partial charge on any atom is -0.370 e. The number of anilines is 1. The van der Waals surface area contributed by atoms with Crippen LogP contribution in [0.25, 0.3) is 0 Å². The molecule has 1 N–H and O–H groups in total. The van der Waals surface area contributed by atoms with Crippen molar-refractivity contribution in [2.75, 3.05) is 17.6 Å². The summed E-state index contributed by atoms with van der Waals surface area (Å²) in [5.41, 5.74) is 0. The first-order valence-corrected chi connectivity index (χ1v) is 6.51. The normalized spacial score (nSPS) is 10.7. The van der Waals surface area contributed by atoms with Crippen LogP contribution in [0.2, 0.25) is 0 Å². The van der Waals surface area contributed by atoms with Crippen molar-refractivity contribution in [2.45, 2.75) is 26.5 Å². The molecule has 0 spiro atoms.